The molecule has 104 valence electrons. The topological polar surface area (TPSA) is 61.6 Å². The van der Waals surface area contributed by atoms with Gasteiger partial charge in [-0.25, -0.2) is 0 Å². The van der Waals surface area contributed by atoms with E-state index in [0.717, 1.165) is 31.6 Å². The highest BCUT2D eigenvalue weighted by atomic mass is 16.5. The van der Waals surface area contributed by atoms with Crippen LogP contribution in [0.3, 0.4) is 0 Å². The van der Waals surface area contributed by atoms with Gasteiger partial charge >= 0.3 is 5.97 Å². The lowest BCUT2D eigenvalue weighted by Crippen LogP contribution is -2.35. The number of benzene rings is 1. The van der Waals surface area contributed by atoms with Crippen molar-refractivity contribution in [2.24, 2.45) is 11.7 Å². The molecule has 4 heteroatoms. The largest absolute Gasteiger partial charge is 0.464 e. The summed E-state index contributed by atoms with van der Waals surface area (Å²) in [4.78, 5) is 11.8. The molecule has 1 aromatic rings. The van der Waals surface area contributed by atoms with E-state index in [1.54, 1.807) is 0 Å². The van der Waals surface area contributed by atoms with Crippen molar-refractivity contribution >= 4 is 5.97 Å². The van der Waals surface area contributed by atoms with Gasteiger partial charge in [0.15, 0.2) is 0 Å². The highest BCUT2D eigenvalue weighted by Gasteiger charge is 2.19. The number of hydrogen-bond donors (Lipinski definition) is 1. The Kier molecular flexibility index (Phi) is 5.36. The van der Waals surface area contributed by atoms with Gasteiger partial charge in [-0.1, -0.05) is 30.3 Å². The third kappa shape index (κ3) is 4.65. The number of carbonyl (C=O) groups excluding carboxylic acids is 1. The molecule has 0 unspecified atom stereocenters. The molecule has 0 aromatic heterocycles. The summed E-state index contributed by atoms with van der Waals surface area (Å²) in [5, 5.41) is 0. The van der Waals surface area contributed by atoms with Crippen LogP contribution in [0.4, 0.5) is 0 Å². The van der Waals surface area contributed by atoms with Crippen LogP contribution in [0.25, 0.3) is 0 Å². The lowest BCUT2D eigenvalue weighted by molar-refractivity contribution is -0.147. The van der Waals surface area contributed by atoms with Gasteiger partial charge in [0.05, 0.1) is 6.61 Å². The summed E-state index contributed by atoms with van der Waals surface area (Å²) in [7, 11) is 0. The van der Waals surface area contributed by atoms with Crippen LogP contribution in [0.2, 0.25) is 0 Å². The Morgan fingerprint density at radius 1 is 1.32 bits per heavy atom. The number of nitrogens with two attached hydrogens (primary N) is 1. The molecule has 1 fully saturated rings. The van der Waals surface area contributed by atoms with Crippen molar-refractivity contribution in [3.63, 3.8) is 0 Å². The molecule has 0 amide bonds. The molecule has 1 aromatic carbocycles. The van der Waals surface area contributed by atoms with E-state index >= 15 is 0 Å². The number of carbonyl (C=O) groups is 1. The molecule has 0 bridgehead atoms. The molecule has 2 N–H and O–H groups in total. The van der Waals surface area contributed by atoms with Crippen LogP contribution in [0, 0.1) is 5.92 Å². The van der Waals surface area contributed by atoms with Crippen LogP contribution >= 0.6 is 0 Å². The Balaban J connectivity index is 1.73. The Morgan fingerprint density at radius 2 is 2.00 bits per heavy atom. The second kappa shape index (κ2) is 7.26. The van der Waals surface area contributed by atoms with Gasteiger partial charge < -0.3 is 15.2 Å². The quantitative estimate of drug-likeness (QED) is 0.818. The average Bonchev–Trinajstić information content (AvgIpc) is 2.47. The molecule has 0 radical (unpaired) electrons. The van der Waals surface area contributed by atoms with Gasteiger partial charge in [-0.15, -0.1) is 0 Å². The van der Waals surface area contributed by atoms with Gasteiger partial charge in [0.1, 0.15) is 6.04 Å². The van der Waals surface area contributed by atoms with Crippen molar-refractivity contribution in [1.82, 2.24) is 0 Å². The Morgan fingerprint density at radius 3 is 2.68 bits per heavy atom. The summed E-state index contributed by atoms with van der Waals surface area (Å²) < 4.78 is 10.6. The molecule has 1 heterocycles. The lowest BCUT2D eigenvalue weighted by atomic mass is 10.0. The minimum atomic E-state index is -0.581. The van der Waals surface area contributed by atoms with Gasteiger partial charge in [0.25, 0.3) is 0 Å². The summed E-state index contributed by atoms with van der Waals surface area (Å²) in [6, 6.07) is 9.17. The zero-order valence-electron chi connectivity index (χ0n) is 11.1. The van der Waals surface area contributed by atoms with Crippen LogP contribution in [0.5, 0.6) is 0 Å². The first kappa shape index (κ1) is 14.0. The number of rotatable bonds is 5. The maximum atomic E-state index is 11.8. The molecular weight excluding hydrogens is 242 g/mol. The second-order valence-corrected chi connectivity index (χ2v) is 4.98. The molecule has 0 aliphatic carbocycles. The Bertz CT molecular complexity index is 388. The van der Waals surface area contributed by atoms with Crippen molar-refractivity contribution < 1.29 is 14.3 Å². The Labute approximate surface area is 113 Å². The zero-order chi connectivity index (χ0) is 13.5. The molecule has 4 nitrogen and oxygen atoms in total. The van der Waals surface area contributed by atoms with Crippen molar-refractivity contribution in [2.75, 3.05) is 19.8 Å². The summed E-state index contributed by atoms with van der Waals surface area (Å²) in [6.45, 7) is 1.99. The second-order valence-electron chi connectivity index (χ2n) is 4.98. The van der Waals surface area contributed by atoms with Crippen LogP contribution in [0.15, 0.2) is 30.3 Å². The summed E-state index contributed by atoms with van der Waals surface area (Å²) >= 11 is 0. The molecule has 1 aliphatic heterocycles. The summed E-state index contributed by atoms with van der Waals surface area (Å²) in [6.07, 6.45) is 2.44. The van der Waals surface area contributed by atoms with Gasteiger partial charge in [0, 0.05) is 13.2 Å². The fraction of sp³-hybridized carbons (Fsp3) is 0.533. The highest BCUT2D eigenvalue weighted by Crippen LogP contribution is 2.15. The van der Waals surface area contributed by atoms with Crippen LogP contribution in [-0.4, -0.2) is 31.8 Å². The van der Waals surface area contributed by atoms with Gasteiger partial charge in [-0.3, -0.25) is 4.79 Å². The first-order valence-corrected chi connectivity index (χ1v) is 6.79. The average molecular weight is 263 g/mol. The third-order valence-electron chi connectivity index (χ3n) is 3.40. The maximum absolute atomic E-state index is 11.8. The molecule has 1 aliphatic rings. The minimum absolute atomic E-state index is 0.310. The lowest BCUT2D eigenvalue weighted by Gasteiger charge is -2.22. The van der Waals surface area contributed by atoms with Crippen LogP contribution < -0.4 is 5.73 Å². The van der Waals surface area contributed by atoms with E-state index in [-0.39, 0.29) is 5.97 Å². The normalized spacial score (nSPS) is 17.9. The predicted molar refractivity (Wildman–Crippen MR) is 72.6 cm³/mol. The molecule has 1 saturated heterocycles. The molecular formula is C15H21NO3. The molecule has 19 heavy (non-hydrogen) atoms. The van der Waals surface area contributed by atoms with E-state index in [2.05, 4.69) is 0 Å². The van der Waals surface area contributed by atoms with E-state index in [0.29, 0.717) is 18.9 Å². The predicted octanol–water partition coefficient (Wildman–Crippen LogP) is 1.53. The van der Waals surface area contributed by atoms with Gasteiger partial charge in [-0.2, -0.15) is 0 Å². The third-order valence-corrected chi connectivity index (χ3v) is 3.40. The van der Waals surface area contributed by atoms with Gasteiger partial charge in [-0.05, 0) is 30.7 Å². The van der Waals surface area contributed by atoms with E-state index < -0.39 is 6.04 Å². The van der Waals surface area contributed by atoms with E-state index in [9.17, 15) is 4.79 Å². The Hall–Kier alpha value is -1.39. The van der Waals surface area contributed by atoms with Gasteiger partial charge in [0.2, 0.25) is 0 Å². The first-order valence-electron chi connectivity index (χ1n) is 6.79. The first-order chi connectivity index (χ1) is 9.25. The zero-order valence-corrected chi connectivity index (χ0v) is 11.1. The fourth-order valence-corrected chi connectivity index (χ4v) is 2.17. The number of hydrogen-bond acceptors (Lipinski definition) is 4. The molecule has 2 rings (SSSR count). The van der Waals surface area contributed by atoms with Crippen molar-refractivity contribution in [2.45, 2.75) is 25.3 Å². The summed E-state index contributed by atoms with van der Waals surface area (Å²) in [5.74, 6) is 0.108. The van der Waals surface area contributed by atoms with Crippen LogP contribution in [-0.2, 0) is 20.7 Å². The standard InChI is InChI=1S/C15H21NO3/c16-14(10-12-4-2-1-3-5-12)15(17)19-11-13-6-8-18-9-7-13/h1-5,13-14H,6-11,16H2/t14-/m0/s1. The minimum Gasteiger partial charge on any atom is -0.464 e. The van der Waals surface area contributed by atoms with E-state index in [1.807, 2.05) is 30.3 Å². The molecule has 0 saturated carbocycles. The molecule has 1 atom stereocenters. The smallest absolute Gasteiger partial charge is 0.323 e. The monoisotopic (exact) mass is 263 g/mol. The number of ether oxygens (including phenoxy) is 2. The van der Waals surface area contributed by atoms with Crippen molar-refractivity contribution in [3.05, 3.63) is 35.9 Å². The van der Waals surface area contributed by atoms with Crippen molar-refractivity contribution in [1.29, 1.82) is 0 Å². The van der Waals surface area contributed by atoms with E-state index in [4.69, 9.17) is 15.2 Å². The summed E-state index contributed by atoms with van der Waals surface area (Å²) in [5.41, 5.74) is 6.92. The van der Waals surface area contributed by atoms with E-state index in [1.165, 1.54) is 0 Å². The number of esters is 1. The van der Waals surface area contributed by atoms with Crippen molar-refractivity contribution in [3.8, 4) is 0 Å². The maximum Gasteiger partial charge on any atom is 0.323 e. The molecule has 0 spiro atoms. The SMILES string of the molecule is N[C@@H](Cc1ccccc1)C(=O)OCC1CCOCC1. The highest BCUT2D eigenvalue weighted by molar-refractivity contribution is 5.75. The van der Waals surface area contributed by atoms with Crippen LogP contribution in [0.1, 0.15) is 18.4 Å². The fourth-order valence-electron chi connectivity index (χ4n) is 2.17.